The molecule has 2 nitrogen and oxygen atoms in total. The molecular weight excluding hydrogens is 287 g/mol. The molecule has 0 aliphatic heterocycles. The van der Waals surface area contributed by atoms with E-state index in [0.717, 1.165) is 23.0 Å². The number of anilines is 1. The number of nitrogens with zero attached hydrogens (tertiary/aromatic N) is 2. The van der Waals surface area contributed by atoms with Gasteiger partial charge in [-0.15, -0.1) is 11.6 Å². The number of aromatic nitrogens is 1. The molecule has 0 aliphatic carbocycles. The van der Waals surface area contributed by atoms with Crippen LogP contribution in [0.4, 0.5) is 5.13 Å². The summed E-state index contributed by atoms with van der Waals surface area (Å²) in [5, 5.41) is 1.45. The molecule has 2 aromatic rings. The van der Waals surface area contributed by atoms with E-state index in [1.165, 1.54) is 5.56 Å². The molecule has 0 unspecified atom stereocenters. The fourth-order valence-corrected chi connectivity index (χ4v) is 3.06. The zero-order valence-electron chi connectivity index (χ0n) is 10.1. The van der Waals surface area contributed by atoms with Gasteiger partial charge in [0.25, 0.3) is 0 Å². The van der Waals surface area contributed by atoms with Crippen molar-refractivity contribution in [3.63, 3.8) is 0 Å². The van der Waals surface area contributed by atoms with Crippen molar-refractivity contribution in [2.24, 2.45) is 0 Å². The SMILES string of the molecule is CN(CCc1ccccc1)c1nc(Cl)c(CCl)s1. The molecular formula is C13H14Cl2N2S. The monoisotopic (exact) mass is 300 g/mol. The van der Waals surface area contributed by atoms with Crippen molar-refractivity contribution in [3.05, 3.63) is 45.9 Å². The Kier molecular flexibility index (Phi) is 4.87. The molecule has 96 valence electrons. The fraction of sp³-hybridized carbons (Fsp3) is 0.308. The number of likely N-dealkylation sites (N-methyl/N-ethyl adjacent to an activating group) is 1. The molecule has 1 heterocycles. The summed E-state index contributed by atoms with van der Waals surface area (Å²) in [5.41, 5.74) is 1.32. The zero-order chi connectivity index (χ0) is 13.0. The van der Waals surface area contributed by atoms with Gasteiger partial charge in [-0.3, -0.25) is 0 Å². The maximum atomic E-state index is 5.99. The van der Waals surface area contributed by atoms with E-state index in [0.29, 0.717) is 11.0 Å². The van der Waals surface area contributed by atoms with Gasteiger partial charge in [-0.2, -0.15) is 0 Å². The van der Waals surface area contributed by atoms with E-state index in [1.54, 1.807) is 11.3 Å². The molecule has 2 rings (SSSR count). The maximum absolute atomic E-state index is 5.99. The Labute approximate surface area is 121 Å². The van der Waals surface area contributed by atoms with E-state index in [4.69, 9.17) is 23.2 Å². The first kappa shape index (κ1) is 13.7. The molecule has 1 aromatic heterocycles. The fourth-order valence-electron chi connectivity index (χ4n) is 1.60. The Morgan fingerprint density at radius 1 is 1.28 bits per heavy atom. The van der Waals surface area contributed by atoms with Crippen LogP contribution in [0, 0.1) is 0 Å². The summed E-state index contributed by atoms with van der Waals surface area (Å²) in [7, 11) is 2.02. The van der Waals surface area contributed by atoms with Gasteiger partial charge in [0, 0.05) is 13.6 Å². The van der Waals surface area contributed by atoms with Crippen LogP contribution in [0.3, 0.4) is 0 Å². The second-order valence-corrected chi connectivity index (χ2v) is 5.69. The van der Waals surface area contributed by atoms with E-state index in [9.17, 15) is 0 Å². The van der Waals surface area contributed by atoms with Gasteiger partial charge >= 0.3 is 0 Å². The molecule has 0 spiro atoms. The zero-order valence-corrected chi connectivity index (χ0v) is 12.4. The number of alkyl halides is 1. The standard InChI is InChI=1S/C13H14Cl2N2S/c1-17(8-7-10-5-3-2-4-6-10)13-16-12(15)11(9-14)18-13/h2-6H,7-9H2,1H3. The van der Waals surface area contributed by atoms with Crippen molar-refractivity contribution in [2.75, 3.05) is 18.5 Å². The topological polar surface area (TPSA) is 16.1 Å². The van der Waals surface area contributed by atoms with Crippen LogP contribution in [-0.2, 0) is 12.3 Å². The lowest BCUT2D eigenvalue weighted by molar-refractivity contribution is 0.871. The van der Waals surface area contributed by atoms with Crippen molar-refractivity contribution in [1.82, 2.24) is 4.98 Å². The number of halogens is 2. The molecule has 0 radical (unpaired) electrons. The molecule has 5 heteroatoms. The third-order valence-electron chi connectivity index (χ3n) is 2.67. The minimum atomic E-state index is 0.420. The van der Waals surface area contributed by atoms with Crippen LogP contribution in [0.25, 0.3) is 0 Å². The van der Waals surface area contributed by atoms with Crippen LogP contribution in [0.5, 0.6) is 0 Å². The normalized spacial score (nSPS) is 10.6. The third kappa shape index (κ3) is 3.37. The van der Waals surface area contributed by atoms with E-state index in [2.05, 4.69) is 34.1 Å². The lowest BCUT2D eigenvalue weighted by Gasteiger charge is -2.15. The average Bonchev–Trinajstić information content (AvgIpc) is 2.78. The van der Waals surface area contributed by atoms with E-state index in [1.807, 2.05) is 13.1 Å². The molecule has 0 saturated carbocycles. The van der Waals surface area contributed by atoms with Crippen molar-refractivity contribution in [1.29, 1.82) is 0 Å². The molecule has 0 N–H and O–H groups in total. The van der Waals surface area contributed by atoms with Crippen molar-refractivity contribution >= 4 is 39.7 Å². The molecule has 0 bridgehead atoms. The first-order chi connectivity index (χ1) is 8.70. The number of hydrogen-bond donors (Lipinski definition) is 0. The van der Waals surface area contributed by atoms with Gasteiger partial charge in [-0.1, -0.05) is 53.3 Å². The summed E-state index contributed by atoms with van der Waals surface area (Å²) in [6.07, 6.45) is 0.991. The summed E-state index contributed by atoms with van der Waals surface area (Å²) >= 11 is 13.3. The number of rotatable bonds is 5. The number of benzene rings is 1. The van der Waals surface area contributed by atoms with Gasteiger partial charge in [-0.25, -0.2) is 4.98 Å². The van der Waals surface area contributed by atoms with Gasteiger partial charge in [0.05, 0.1) is 10.8 Å². The lowest BCUT2D eigenvalue weighted by atomic mass is 10.1. The van der Waals surface area contributed by atoms with E-state index >= 15 is 0 Å². The Hall–Kier alpha value is -0.770. The number of thiazole rings is 1. The minimum Gasteiger partial charge on any atom is -0.351 e. The second-order valence-electron chi connectivity index (χ2n) is 4.00. The second kappa shape index (κ2) is 6.41. The van der Waals surface area contributed by atoms with Gasteiger partial charge in [0.2, 0.25) is 0 Å². The molecule has 1 aromatic carbocycles. The van der Waals surface area contributed by atoms with Gasteiger partial charge in [-0.05, 0) is 12.0 Å². The Morgan fingerprint density at radius 2 is 2.00 bits per heavy atom. The summed E-state index contributed by atoms with van der Waals surface area (Å²) in [6.45, 7) is 0.912. The minimum absolute atomic E-state index is 0.420. The molecule has 0 amide bonds. The van der Waals surface area contributed by atoms with Crippen LogP contribution in [-0.4, -0.2) is 18.6 Å². The highest BCUT2D eigenvalue weighted by molar-refractivity contribution is 7.16. The maximum Gasteiger partial charge on any atom is 0.186 e. The van der Waals surface area contributed by atoms with Crippen LogP contribution in [0.2, 0.25) is 5.15 Å². The summed E-state index contributed by atoms with van der Waals surface area (Å²) in [5.74, 6) is 0.420. The molecule has 0 aliphatic rings. The predicted octanol–water partition coefficient (Wildman–Crippen LogP) is 4.21. The Morgan fingerprint density at radius 3 is 2.61 bits per heavy atom. The lowest BCUT2D eigenvalue weighted by Crippen LogP contribution is -2.19. The van der Waals surface area contributed by atoms with E-state index < -0.39 is 0 Å². The quantitative estimate of drug-likeness (QED) is 0.769. The highest BCUT2D eigenvalue weighted by Crippen LogP contribution is 2.30. The van der Waals surface area contributed by atoms with Crippen molar-refractivity contribution in [2.45, 2.75) is 12.3 Å². The molecule has 0 atom stereocenters. The molecule has 0 fully saturated rings. The van der Waals surface area contributed by atoms with Gasteiger partial charge in [0.1, 0.15) is 5.15 Å². The third-order valence-corrected chi connectivity index (χ3v) is 4.69. The van der Waals surface area contributed by atoms with Crippen molar-refractivity contribution in [3.8, 4) is 0 Å². The van der Waals surface area contributed by atoms with E-state index in [-0.39, 0.29) is 0 Å². The average molecular weight is 301 g/mol. The first-order valence-corrected chi connectivity index (χ1v) is 7.40. The Bertz CT molecular complexity index is 499. The summed E-state index contributed by atoms with van der Waals surface area (Å²) < 4.78 is 0. The van der Waals surface area contributed by atoms with Crippen LogP contribution in [0.15, 0.2) is 30.3 Å². The smallest absolute Gasteiger partial charge is 0.186 e. The Balaban J connectivity index is 1.97. The van der Waals surface area contributed by atoms with Gasteiger partial charge in [0.15, 0.2) is 5.13 Å². The van der Waals surface area contributed by atoms with Crippen molar-refractivity contribution < 1.29 is 0 Å². The molecule has 0 saturated heterocycles. The largest absolute Gasteiger partial charge is 0.351 e. The van der Waals surface area contributed by atoms with Crippen LogP contribution < -0.4 is 4.90 Å². The number of hydrogen-bond acceptors (Lipinski definition) is 3. The van der Waals surface area contributed by atoms with Crippen LogP contribution >= 0.6 is 34.5 Å². The molecule has 18 heavy (non-hydrogen) atoms. The highest BCUT2D eigenvalue weighted by atomic mass is 35.5. The predicted molar refractivity (Wildman–Crippen MR) is 80.1 cm³/mol. The van der Waals surface area contributed by atoms with Crippen LogP contribution in [0.1, 0.15) is 10.4 Å². The highest BCUT2D eigenvalue weighted by Gasteiger charge is 2.11. The summed E-state index contributed by atoms with van der Waals surface area (Å²) in [4.78, 5) is 7.36. The first-order valence-electron chi connectivity index (χ1n) is 5.67. The van der Waals surface area contributed by atoms with Gasteiger partial charge < -0.3 is 4.90 Å². The summed E-state index contributed by atoms with van der Waals surface area (Å²) in [6, 6.07) is 10.4.